The first-order valence-electron chi connectivity index (χ1n) is 8.70. The molecule has 3 nitrogen and oxygen atoms in total. The molecule has 0 amide bonds. The molecule has 1 aliphatic rings. The molecule has 0 unspecified atom stereocenters. The molecule has 0 N–H and O–H groups in total. The van der Waals surface area contributed by atoms with Crippen LogP contribution in [0.3, 0.4) is 0 Å². The summed E-state index contributed by atoms with van der Waals surface area (Å²) < 4.78 is 11.5. The zero-order valence-corrected chi connectivity index (χ0v) is 13.9. The molecular weight excluding hydrogens is 276 g/mol. The van der Waals surface area contributed by atoms with E-state index in [0.717, 1.165) is 37.0 Å². The SMILES string of the molecule is CCCOc1ccc(C(=O)C2CCCCC2)cc1OCCC. The van der Waals surface area contributed by atoms with Crippen LogP contribution < -0.4 is 9.47 Å². The maximum Gasteiger partial charge on any atom is 0.166 e. The Bertz CT molecular complexity index is 476. The van der Waals surface area contributed by atoms with E-state index in [0.29, 0.717) is 19.0 Å². The smallest absolute Gasteiger partial charge is 0.166 e. The summed E-state index contributed by atoms with van der Waals surface area (Å²) in [5, 5.41) is 0. The summed E-state index contributed by atoms with van der Waals surface area (Å²) in [5.41, 5.74) is 0.766. The highest BCUT2D eigenvalue weighted by Gasteiger charge is 2.23. The molecule has 1 aromatic carbocycles. The van der Waals surface area contributed by atoms with Crippen molar-refractivity contribution in [1.29, 1.82) is 0 Å². The normalized spacial score (nSPS) is 15.5. The number of hydrogen-bond acceptors (Lipinski definition) is 3. The number of Topliss-reactive ketones (excluding diaryl/α,β-unsaturated/α-hetero) is 1. The van der Waals surface area contributed by atoms with Crippen molar-refractivity contribution >= 4 is 5.78 Å². The van der Waals surface area contributed by atoms with Crippen LogP contribution in [-0.2, 0) is 0 Å². The molecular formula is C19H28O3. The summed E-state index contributed by atoms with van der Waals surface area (Å²) in [7, 11) is 0. The third-order valence-electron chi connectivity index (χ3n) is 4.13. The lowest BCUT2D eigenvalue weighted by Gasteiger charge is -2.21. The quantitative estimate of drug-likeness (QED) is 0.632. The number of carbonyl (C=O) groups excluding carboxylic acids is 1. The van der Waals surface area contributed by atoms with Gasteiger partial charge in [0.2, 0.25) is 0 Å². The van der Waals surface area contributed by atoms with Crippen molar-refractivity contribution in [3.05, 3.63) is 23.8 Å². The highest BCUT2D eigenvalue weighted by molar-refractivity contribution is 5.98. The van der Waals surface area contributed by atoms with Crippen LogP contribution in [0.5, 0.6) is 11.5 Å². The molecule has 0 saturated heterocycles. The second-order valence-corrected chi connectivity index (χ2v) is 6.06. The third kappa shape index (κ3) is 4.49. The first-order valence-corrected chi connectivity index (χ1v) is 8.70. The second-order valence-electron chi connectivity index (χ2n) is 6.06. The van der Waals surface area contributed by atoms with Gasteiger partial charge in [0.05, 0.1) is 13.2 Å². The van der Waals surface area contributed by atoms with Crippen molar-refractivity contribution in [2.24, 2.45) is 5.92 Å². The van der Waals surface area contributed by atoms with E-state index in [1.54, 1.807) is 0 Å². The van der Waals surface area contributed by atoms with E-state index in [2.05, 4.69) is 13.8 Å². The molecule has 122 valence electrons. The lowest BCUT2D eigenvalue weighted by atomic mass is 9.84. The molecule has 1 saturated carbocycles. The first kappa shape index (κ1) is 16.9. The van der Waals surface area contributed by atoms with Gasteiger partial charge in [-0.2, -0.15) is 0 Å². The van der Waals surface area contributed by atoms with Crippen LogP contribution in [0.25, 0.3) is 0 Å². The zero-order valence-electron chi connectivity index (χ0n) is 13.9. The van der Waals surface area contributed by atoms with Gasteiger partial charge < -0.3 is 9.47 Å². The molecule has 0 heterocycles. The van der Waals surface area contributed by atoms with Crippen LogP contribution in [0.2, 0.25) is 0 Å². The van der Waals surface area contributed by atoms with Gasteiger partial charge in [0.25, 0.3) is 0 Å². The topological polar surface area (TPSA) is 35.5 Å². The van der Waals surface area contributed by atoms with Gasteiger partial charge in [-0.1, -0.05) is 33.1 Å². The van der Waals surface area contributed by atoms with E-state index in [-0.39, 0.29) is 11.7 Å². The van der Waals surface area contributed by atoms with Crippen molar-refractivity contribution in [2.75, 3.05) is 13.2 Å². The second kappa shape index (κ2) is 8.82. The van der Waals surface area contributed by atoms with Gasteiger partial charge in [-0.3, -0.25) is 4.79 Å². The van der Waals surface area contributed by atoms with Crippen molar-refractivity contribution in [1.82, 2.24) is 0 Å². The van der Waals surface area contributed by atoms with Crippen LogP contribution in [0.15, 0.2) is 18.2 Å². The minimum absolute atomic E-state index is 0.190. The lowest BCUT2D eigenvalue weighted by molar-refractivity contribution is 0.0889. The van der Waals surface area contributed by atoms with Gasteiger partial charge in [0, 0.05) is 11.5 Å². The molecule has 0 spiro atoms. The van der Waals surface area contributed by atoms with Gasteiger partial charge >= 0.3 is 0 Å². The highest BCUT2D eigenvalue weighted by atomic mass is 16.5. The van der Waals surface area contributed by atoms with Crippen LogP contribution in [0.4, 0.5) is 0 Å². The van der Waals surface area contributed by atoms with Crippen molar-refractivity contribution in [3.8, 4) is 11.5 Å². The standard InChI is InChI=1S/C19H28O3/c1-3-12-21-17-11-10-16(14-18(17)22-13-4-2)19(20)15-8-6-5-7-9-15/h10-11,14-15H,3-9,12-13H2,1-2H3. The first-order chi connectivity index (χ1) is 10.8. The zero-order chi connectivity index (χ0) is 15.8. The van der Waals surface area contributed by atoms with E-state index in [1.807, 2.05) is 18.2 Å². The Hall–Kier alpha value is -1.51. The average molecular weight is 304 g/mol. The van der Waals surface area contributed by atoms with Gasteiger partial charge in [0.1, 0.15) is 0 Å². The van der Waals surface area contributed by atoms with Crippen LogP contribution >= 0.6 is 0 Å². The molecule has 1 aromatic rings. The predicted molar refractivity (Wildman–Crippen MR) is 88.9 cm³/mol. The minimum Gasteiger partial charge on any atom is -0.490 e. The maximum atomic E-state index is 12.7. The number of rotatable bonds is 8. The minimum atomic E-state index is 0.190. The number of benzene rings is 1. The van der Waals surface area contributed by atoms with Crippen LogP contribution in [0.1, 0.15) is 69.2 Å². The fourth-order valence-electron chi connectivity index (χ4n) is 2.92. The molecule has 0 aromatic heterocycles. The van der Waals surface area contributed by atoms with E-state index in [9.17, 15) is 4.79 Å². The van der Waals surface area contributed by atoms with Gasteiger partial charge in [-0.15, -0.1) is 0 Å². The Morgan fingerprint density at radius 1 is 1.00 bits per heavy atom. The van der Waals surface area contributed by atoms with Crippen molar-refractivity contribution < 1.29 is 14.3 Å². The Kier molecular flexibility index (Phi) is 6.75. The monoisotopic (exact) mass is 304 g/mol. The Labute approximate surface area is 134 Å². The largest absolute Gasteiger partial charge is 0.490 e. The van der Waals surface area contributed by atoms with Gasteiger partial charge in [-0.25, -0.2) is 0 Å². The summed E-state index contributed by atoms with van der Waals surface area (Å²) >= 11 is 0. The van der Waals surface area contributed by atoms with E-state index in [4.69, 9.17) is 9.47 Å². The maximum absolute atomic E-state index is 12.7. The molecule has 2 rings (SSSR count). The summed E-state index contributed by atoms with van der Waals surface area (Å²) in [5.74, 6) is 1.91. The molecule has 0 atom stereocenters. The van der Waals surface area contributed by atoms with Gasteiger partial charge in [0.15, 0.2) is 17.3 Å². The summed E-state index contributed by atoms with van der Waals surface area (Å²) in [6, 6.07) is 5.65. The number of carbonyl (C=O) groups is 1. The molecule has 1 aliphatic carbocycles. The highest BCUT2D eigenvalue weighted by Crippen LogP contribution is 2.32. The Morgan fingerprint density at radius 2 is 1.64 bits per heavy atom. The fourth-order valence-corrected chi connectivity index (χ4v) is 2.92. The third-order valence-corrected chi connectivity index (χ3v) is 4.13. The molecule has 22 heavy (non-hydrogen) atoms. The molecule has 3 heteroatoms. The Balaban J connectivity index is 2.15. The van der Waals surface area contributed by atoms with Crippen LogP contribution in [-0.4, -0.2) is 19.0 Å². The summed E-state index contributed by atoms with van der Waals surface area (Å²) in [6.07, 6.45) is 7.55. The summed E-state index contributed by atoms with van der Waals surface area (Å²) in [6.45, 7) is 5.46. The van der Waals surface area contributed by atoms with E-state index < -0.39 is 0 Å². The molecule has 0 radical (unpaired) electrons. The van der Waals surface area contributed by atoms with Crippen molar-refractivity contribution in [3.63, 3.8) is 0 Å². The molecule has 0 bridgehead atoms. The van der Waals surface area contributed by atoms with E-state index >= 15 is 0 Å². The number of ether oxygens (including phenoxy) is 2. The number of ketones is 1. The van der Waals surface area contributed by atoms with Gasteiger partial charge in [-0.05, 0) is 43.9 Å². The van der Waals surface area contributed by atoms with E-state index in [1.165, 1.54) is 19.3 Å². The molecule has 1 fully saturated rings. The van der Waals surface area contributed by atoms with Crippen LogP contribution in [0, 0.1) is 5.92 Å². The number of hydrogen-bond donors (Lipinski definition) is 0. The average Bonchev–Trinajstić information content (AvgIpc) is 2.58. The predicted octanol–water partition coefficient (Wildman–Crippen LogP) is 5.03. The molecule has 0 aliphatic heterocycles. The Morgan fingerprint density at radius 3 is 2.27 bits per heavy atom. The summed E-state index contributed by atoms with van der Waals surface area (Å²) in [4.78, 5) is 12.7. The lowest BCUT2D eigenvalue weighted by Crippen LogP contribution is -2.18. The fraction of sp³-hybridized carbons (Fsp3) is 0.632. The van der Waals surface area contributed by atoms with Crippen molar-refractivity contribution in [2.45, 2.75) is 58.8 Å².